The molecule has 0 aliphatic carbocycles. The van der Waals surface area contributed by atoms with Crippen molar-refractivity contribution in [2.75, 3.05) is 5.75 Å². The molecule has 0 rings (SSSR count). The third-order valence-electron chi connectivity index (χ3n) is 0.943. The van der Waals surface area contributed by atoms with Crippen LogP contribution in [0.1, 0.15) is 0 Å². The van der Waals surface area contributed by atoms with Gasteiger partial charge in [0.1, 0.15) is 0 Å². The molecule has 1 unspecified atom stereocenters. The lowest BCUT2D eigenvalue weighted by atomic mass is 10.9. The first kappa shape index (κ1) is 12.9. The predicted molar refractivity (Wildman–Crippen MR) is 42.5 cm³/mol. The second-order valence-corrected chi connectivity index (χ2v) is 6.42. The summed E-state index contributed by atoms with van der Waals surface area (Å²) in [7, 11) is -10.2. The van der Waals surface area contributed by atoms with Crippen LogP contribution in [0.5, 0.6) is 0 Å². The Morgan fingerprint density at radius 1 is 1.08 bits per heavy atom. The Labute approximate surface area is 76.7 Å². The topological polar surface area (TPSA) is 146 Å². The van der Waals surface area contributed by atoms with Gasteiger partial charge in [-0.2, -0.15) is 16.8 Å². The monoisotopic (exact) mass is 254 g/mol. The molecule has 3 N–H and O–H groups in total. The van der Waals surface area contributed by atoms with Crippen molar-refractivity contribution < 1.29 is 34.7 Å². The van der Waals surface area contributed by atoms with Gasteiger partial charge in [0.15, 0.2) is 11.1 Å². The van der Waals surface area contributed by atoms with Crippen LogP contribution < -0.4 is 0 Å². The molecule has 0 aromatic heterocycles. The first-order valence-electron chi connectivity index (χ1n) is 2.55. The minimum atomic E-state index is -5.11. The number of rotatable bonds is 4. The second kappa shape index (κ2) is 3.98. The van der Waals surface area contributed by atoms with Gasteiger partial charge >= 0.3 is 0 Å². The molecule has 0 aromatic carbocycles. The fourth-order valence-electron chi connectivity index (χ4n) is 0.442. The highest BCUT2D eigenvalue weighted by atomic mass is 32.3. The Hall–Kier alpha value is -0.0700. The Kier molecular flexibility index (Phi) is 3.96. The first-order chi connectivity index (χ1) is 5.55. The van der Waals surface area contributed by atoms with Crippen LogP contribution in [-0.2, 0) is 31.3 Å². The SMILES string of the molecule is O=S(O)CC(S(=O)(=O)O)S(=O)(=O)O. The Balaban J connectivity index is 5.15. The van der Waals surface area contributed by atoms with Crippen molar-refractivity contribution >= 4 is 31.3 Å². The van der Waals surface area contributed by atoms with E-state index in [0.29, 0.717) is 0 Å². The van der Waals surface area contributed by atoms with E-state index in [0.717, 1.165) is 0 Å². The quantitative estimate of drug-likeness (QED) is 0.398. The van der Waals surface area contributed by atoms with E-state index in [1.54, 1.807) is 0 Å². The lowest BCUT2D eigenvalue weighted by Gasteiger charge is -2.07. The maximum Gasteiger partial charge on any atom is 0.285 e. The van der Waals surface area contributed by atoms with Crippen molar-refractivity contribution in [3.05, 3.63) is 0 Å². The normalized spacial score (nSPS) is 16.0. The smallest absolute Gasteiger partial charge is 0.285 e. The standard InChI is InChI=1S/C2H6O8S3/c3-11(4)1-2(12(5,6)7)13(8,9)10/h2H,1H2,(H,3,4)(H,5,6,7)(H,8,9,10). The molecule has 0 aliphatic heterocycles. The Morgan fingerprint density at radius 3 is 1.46 bits per heavy atom. The molecule has 0 saturated heterocycles. The average molecular weight is 254 g/mol. The molecule has 0 heterocycles. The summed E-state index contributed by atoms with van der Waals surface area (Å²) in [5, 5.41) is 0. The van der Waals surface area contributed by atoms with E-state index < -0.39 is 41.7 Å². The molecular formula is C2H6O8S3. The van der Waals surface area contributed by atoms with E-state index in [2.05, 4.69) is 0 Å². The van der Waals surface area contributed by atoms with E-state index in [-0.39, 0.29) is 0 Å². The fourth-order valence-corrected chi connectivity index (χ4v) is 3.98. The molecule has 0 radical (unpaired) electrons. The molecule has 80 valence electrons. The Morgan fingerprint density at radius 2 is 1.38 bits per heavy atom. The molecule has 8 nitrogen and oxygen atoms in total. The summed E-state index contributed by atoms with van der Waals surface area (Å²) in [5.74, 6) is -1.31. The van der Waals surface area contributed by atoms with Crippen molar-refractivity contribution in [2.45, 2.75) is 4.58 Å². The van der Waals surface area contributed by atoms with Gasteiger partial charge in [0.05, 0.1) is 5.75 Å². The Bertz CT molecular complexity index is 355. The van der Waals surface area contributed by atoms with Crippen LogP contribution in [0, 0.1) is 0 Å². The molecule has 0 spiro atoms. The van der Waals surface area contributed by atoms with Gasteiger partial charge in [0.25, 0.3) is 20.2 Å². The lowest BCUT2D eigenvalue weighted by Crippen LogP contribution is -2.34. The van der Waals surface area contributed by atoms with Crippen molar-refractivity contribution in [2.24, 2.45) is 0 Å². The van der Waals surface area contributed by atoms with E-state index in [9.17, 15) is 21.0 Å². The van der Waals surface area contributed by atoms with Gasteiger partial charge in [-0.05, 0) is 0 Å². The summed E-state index contributed by atoms with van der Waals surface area (Å²) >= 11 is -2.77. The minimum Gasteiger partial charge on any atom is -0.306 e. The highest BCUT2D eigenvalue weighted by Gasteiger charge is 2.37. The number of hydrogen-bond acceptors (Lipinski definition) is 5. The largest absolute Gasteiger partial charge is 0.306 e. The highest BCUT2D eigenvalue weighted by molar-refractivity contribution is 8.04. The molecule has 0 saturated carbocycles. The molecule has 0 aromatic rings. The van der Waals surface area contributed by atoms with Gasteiger partial charge in [-0.25, -0.2) is 4.21 Å². The molecular weight excluding hydrogens is 248 g/mol. The molecule has 11 heteroatoms. The van der Waals surface area contributed by atoms with E-state index in [1.165, 1.54) is 0 Å². The summed E-state index contributed by atoms with van der Waals surface area (Å²) in [6.07, 6.45) is 0. The van der Waals surface area contributed by atoms with E-state index >= 15 is 0 Å². The van der Waals surface area contributed by atoms with Crippen LogP contribution in [0.25, 0.3) is 0 Å². The third-order valence-corrected chi connectivity index (χ3v) is 5.10. The van der Waals surface area contributed by atoms with Crippen LogP contribution in [0.4, 0.5) is 0 Å². The van der Waals surface area contributed by atoms with Gasteiger partial charge < -0.3 is 4.55 Å². The van der Waals surface area contributed by atoms with Gasteiger partial charge in [-0.1, -0.05) is 0 Å². The molecule has 0 aliphatic rings. The van der Waals surface area contributed by atoms with Crippen LogP contribution in [0.15, 0.2) is 0 Å². The van der Waals surface area contributed by atoms with Crippen LogP contribution in [0.2, 0.25) is 0 Å². The zero-order valence-electron chi connectivity index (χ0n) is 5.89. The van der Waals surface area contributed by atoms with Crippen molar-refractivity contribution in [3.8, 4) is 0 Å². The van der Waals surface area contributed by atoms with Crippen LogP contribution in [-0.4, -0.2) is 45.0 Å². The molecule has 13 heavy (non-hydrogen) atoms. The maximum atomic E-state index is 10.3. The molecule has 1 atom stereocenters. The van der Waals surface area contributed by atoms with Gasteiger partial charge in [-0.15, -0.1) is 0 Å². The summed E-state index contributed by atoms with van der Waals surface area (Å²) < 4.78 is 73.2. The summed E-state index contributed by atoms with van der Waals surface area (Å²) in [6.45, 7) is 0. The van der Waals surface area contributed by atoms with Gasteiger partial charge in [-0.3, -0.25) is 9.11 Å². The molecule has 0 bridgehead atoms. The number of hydrogen-bond donors (Lipinski definition) is 3. The predicted octanol–water partition coefficient (Wildman–Crippen LogP) is -1.69. The van der Waals surface area contributed by atoms with Gasteiger partial charge in [0, 0.05) is 0 Å². The molecule has 0 fully saturated rings. The van der Waals surface area contributed by atoms with Crippen LogP contribution in [0.3, 0.4) is 0 Å². The highest BCUT2D eigenvalue weighted by Crippen LogP contribution is 2.07. The second-order valence-electron chi connectivity index (χ2n) is 1.95. The lowest BCUT2D eigenvalue weighted by molar-refractivity contribution is 0.456. The molecule has 0 amide bonds. The van der Waals surface area contributed by atoms with Crippen LogP contribution >= 0.6 is 0 Å². The van der Waals surface area contributed by atoms with Crippen molar-refractivity contribution in [1.29, 1.82) is 0 Å². The van der Waals surface area contributed by atoms with E-state index in [4.69, 9.17) is 13.7 Å². The third kappa shape index (κ3) is 4.64. The average Bonchev–Trinajstić information content (AvgIpc) is 1.77. The fraction of sp³-hybridized carbons (Fsp3) is 1.00. The summed E-state index contributed by atoms with van der Waals surface area (Å²) in [6, 6.07) is 0. The minimum absolute atomic E-state index is 1.31. The van der Waals surface area contributed by atoms with Gasteiger partial charge in [0.2, 0.25) is 4.58 Å². The first-order valence-corrected chi connectivity index (χ1v) is 6.83. The summed E-state index contributed by atoms with van der Waals surface area (Å²) in [5.41, 5.74) is 0. The zero-order valence-corrected chi connectivity index (χ0v) is 8.34. The van der Waals surface area contributed by atoms with Crippen molar-refractivity contribution in [1.82, 2.24) is 0 Å². The van der Waals surface area contributed by atoms with Crippen molar-refractivity contribution in [3.63, 3.8) is 0 Å². The summed E-state index contributed by atoms with van der Waals surface area (Å²) in [4.78, 5) is 0. The maximum absolute atomic E-state index is 10.3. The van der Waals surface area contributed by atoms with E-state index in [1.807, 2.05) is 0 Å². The zero-order chi connectivity index (χ0) is 10.9.